The largest absolute Gasteiger partial charge is 0.454 e. The summed E-state index contributed by atoms with van der Waals surface area (Å²) in [6.45, 7) is 1.18. The van der Waals surface area contributed by atoms with Gasteiger partial charge in [-0.3, -0.25) is 4.79 Å². The van der Waals surface area contributed by atoms with Crippen LogP contribution in [0.15, 0.2) is 58.2 Å². The molecule has 29 heavy (non-hydrogen) atoms. The quantitative estimate of drug-likeness (QED) is 0.600. The molecule has 2 aromatic rings. The average molecular weight is 450 g/mol. The van der Waals surface area contributed by atoms with Gasteiger partial charge in [0, 0.05) is 45.9 Å². The third-order valence-corrected chi connectivity index (χ3v) is 6.92. The molecule has 0 amide bonds. The van der Waals surface area contributed by atoms with Crippen molar-refractivity contribution in [1.29, 1.82) is 0 Å². The molecule has 1 atom stereocenters. The number of benzene rings is 2. The zero-order valence-corrected chi connectivity index (χ0v) is 17.5. The molecule has 0 radical (unpaired) electrons. The Hall–Kier alpha value is -2.53. The summed E-state index contributed by atoms with van der Waals surface area (Å²) in [5.74, 6) is 1.94. The second-order valence-electron chi connectivity index (χ2n) is 7.98. The molecule has 1 aliphatic carbocycles. The number of ketones is 1. The lowest BCUT2D eigenvalue weighted by atomic mass is 9.77. The van der Waals surface area contributed by atoms with Crippen molar-refractivity contribution in [1.82, 2.24) is 4.90 Å². The highest BCUT2D eigenvalue weighted by Gasteiger charge is 2.38. The predicted octanol–water partition coefficient (Wildman–Crippen LogP) is 5.18. The Bertz CT molecular complexity index is 1100. The van der Waals surface area contributed by atoms with Crippen LogP contribution in [-0.2, 0) is 11.2 Å². The summed E-state index contributed by atoms with van der Waals surface area (Å²) in [5, 5.41) is 0. The summed E-state index contributed by atoms with van der Waals surface area (Å²) in [6.07, 6.45) is 5.77. The fourth-order valence-corrected chi connectivity index (χ4v) is 5.31. The summed E-state index contributed by atoms with van der Waals surface area (Å²) < 4.78 is 12.3. The molecule has 4 nitrogen and oxygen atoms in total. The molecule has 3 aliphatic heterocycles. The number of allylic oxidation sites excluding steroid dienone is 3. The van der Waals surface area contributed by atoms with E-state index in [1.165, 1.54) is 22.5 Å². The van der Waals surface area contributed by atoms with Gasteiger partial charge >= 0.3 is 0 Å². The van der Waals surface area contributed by atoms with Gasteiger partial charge in [-0.05, 0) is 60.7 Å². The molecule has 4 aliphatic rings. The number of carbonyl (C=O) groups excluding carboxylic acids is 1. The van der Waals surface area contributed by atoms with E-state index in [4.69, 9.17) is 9.47 Å². The minimum Gasteiger partial charge on any atom is -0.454 e. The van der Waals surface area contributed by atoms with Gasteiger partial charge in [-0.25, -0.2) is 0 Å². The van der Waals surface area contributed by atoms with E-state index in [0.29, 0.717) is 12.2 Å². The lowest BCUT2D eigenvalue weighted by Crippen LogP contribution is -2.36. The maximum atomic E-state index is 13.0. The van der Waals surface area contributed by atoms with Gasteiger partial charge in [-0.15, -0.1) is 0 Å². The molecule has 0 spiro atoms. The monoisotopic (exact) mass is 449 g/mol. The molecule has 0 aromatic heterocycles. The van der Waals surface area contributed by atoms with E-state index in [2.05, 4.69) is 63.3 Å². The van der Waals surface area contributed by atoms with Crippen LogP contribution in [0.4, 0.5) is 0 Å². The lowest BCUT2D eigenvalue weighted by molar-refractivity contribution is -0.116. The summed E-state index contributed by atoms with van der Waals surface area (Å²) >= 11 is 3.53. The molecule has 2 aromatic carbocycles. The smallest absolute Gasteiger partial charge is 0.231 e. The predicted molar refractivity (Wildman–Crippen MR) is 114 cm³/mol. The van der Waals surface area contributed by atoms with Crippen LogP contribution in [-0.4, -0.2) is 24.0 Å². The molecular formula is C24H20BrNO3. The number of hydrogen-bond acceptors (Lipinski definition) is 4. The van der Waals surface area contributed by atoms with Crippen molar-refractivity contribution >= 4 is 27.4 Å². The second-order valence-corrected chi connectivity index (χ2v) is 8.90. The van der Waals surface area contributed by atoms with Crippen molar-refractivity contribution in [2.45, 2.75) is 31.6 Å². The van der Waals surface area contributed by atoms with E-state index in [1.54, 1.807) is 0 Å². The van der Waals surface area contributed by atoms with E-state index < -0.39 is 0 Å². The van der Waals surface area contributed by atoms with Crippen LogP contribution in [0.3, 0.4) is 0 Å². The number of rotatable bonds is 1. The molecule has 0 fully saturated rings. The van der Waals surface area contributed by atoms with Gasteiger partial charge in [0.1, 0.15) is 0 Å². The van der Waals surface area contributed by atoms with Crippen LogP contribution in [0.1, 0.15) is 41.9 Å². The molecule has 146 valence electrons. The Labute approximate surface area is 177 Å². The number of fused-ring (bicyclic) bond motifs is 5. The van der Waals surface area contributed by atoms with E-state index in [-0.39, 0.29) is 12.7 Å². The van der Waals surface area contributed by atoms with Crippen molar-refractivity contribution in [3.05, 3.63) is 74.9 Å². The first-order valence-corrected chi connectivity index (χ1v) is 10.9. The van der Waals surface area contributed by atoms with Crippen molar-refractivity contribution < 1.29 is 14.3 Å². The standard InChI is InChI=1S/C24H20BrNO3/c25-16-6-4-14(5-7-16)18-11-20-17-12-23-22(28-13-29-23)10-15(17)8-9-26(20)19-2-1-3-21(27)24(18)19/h4-7,10-12,18H,1-3,8-9,13H2. The second kappa shape index (κ2) is 6.49. The van der Waals surface area contributed by atoms with Crippen molar-refractivity contribution in [2.75, 3.05) is 13.3 Å². The summed E-state index contributed by atoms with van der Waals surface area (Å²) in [7, 11) is 0. The maximum absolute atomic E-state index is 13.0. The minimum absolute atomic E-state index is 0.00600. The first-order chi connectivity index (χ1) is 14.2. The zero-order chi connectivity index (χ0) is 19.5. The van der Waals surface area contributed by atoms with Gasteiger partial charge in [0.05, 0.1) is 0 Å². The Morgan fingerprint density at radius 3 is 2.62 bits per heavy atom. The average Bonchev–Trinajstić information content (AvgIpc) is 3.19. The molecule has 0 N–H and O–H groups in total. The fraction of sp³-hybridized carbons (Fsp3) is 0.292. The Balaban J connectivity index is 1.54. The van der Waals surface area contributed by atoms with Crippen LogP contribution in [0.2, 0.25) is 0 Å². The van der Waals surface area contributed by atoms with Gasteiger partial charge < -0.3 is 14.4 Å². The summed E-state index contributed by atoms with van der Waals surface area (Å²) in [6, 6.07) is 12.6. The van der Waals surface area contributed by atoms with Gasteiger partial charge in [0.2, 0.25) is 6.79 Å². The Morgan fingerprint density at radius 1 is 1.00 bits per heavy atom. The van der Waals surface area contributed by atoms with E-state index >= 15 is 0 Å². The highest BCUT2D eigenvalue weighted by molar-refractivity contribution is 9.10. The van der Waals surface area contributed by atoms with E-state index in [9.17, 15) is 4.79 Å². The van der Waals surface area contributed by atoms with Crippen LogP contribution in [0.5, 0.6) is 11.5 Å². The molecule has 5 heteroatoms. The topological polar surface area (TPSA) is 38.8 Å². The SMILES string of the molecule is O=C1CCCC2=C1C(c1ccc(Br)cc1)C=C1c3cc4c(cc3CCN12)OCO4. The molecule has 0 bridgehead atoms. The number of hydrogen-bond donors (Lipinski definition) is 0. The van der Waals surface area contributed by atoms with Crippen molar-refractivity contribution in [2.24, 2.45) is 0 Å². The first kappa shape index (κ1) is 17.3. The molecule has 0 saturated carbocycles. The van der Waals surface area contributed by atoms with Crippen LogP contribution in [0, 0.1) is 0 Å². The van der Waals surface area contributed by atoms with Gasteiger partial charge in [0.25, 0.3) is 0 Å². The van der Waals surface area contributed by atoms with E-state index in [0.717, 1.165) is 52.9 Å². The Kier molecular flexibility index (Phi) is 3.88. The number of nitrogens with zero attached hydrogens (tertiary/aromatic N) is 1. The third-order valence-electron chi connectivity index (χ3n) is 6.39. The number of ether oxygens (including phenoxy) is 2. The summed E-state index contributed by atoms with van der Waals surface area (Å²) in [4.78, 5) is 15.4. The third kappa shape index (κ3) is 2.67. The normalized spacial score (nSPS) is 22.1. The number of halogens is 1. The molecule has 3 heterocycles. The zero-order valence-electron chi connectivity index (χ0n) is 15.9. The first-order valence-electron chi connectivity index (χ1n) is 10.1. The van der Waals surface area contributed by atoms with Crippen LogP contribution >= 0.6 is 15.9 Å². The molecule has 1 unspecified atom stereocenters. The minimum atomic E-state index is -0.00600. The number of Topliss-reactive ketones (excluding diaryl/α,β-unsaturated/α-hetero) is 1. The lowest BCUT2D eigenvalue weighted by Gasteiger charge is -2.42. The highest BCUT2D eigenvalue weighted by Crippen LogP contribution is 2.48. The molecular weight excluding hydrogens is 430 g/mol. The van der Waals surface area contributed by atoms with Crippen molar-refractivity contribution in [3.63, 3.8) is 0 Å². The fourth-order valence-electron chi connectivity index (χ4n) is 5.04. The van der Waals surface area contributed by atoms with Gasteiger partial charge in [-0.1, -0.05) is 28.1 Å². The maximum Gasteiger partial charge on any atom is 0.231 e. The van der Waals surface area contributed by atoms with Crippen LogP contribution in [0.25, 0.3) is 5.70 Å². The molecule has 6 rings (SSSR count). The van der Waals surface area contributed by atoms with Crippen LogP contribution < -0.4 is 9.47 Å². The summed E-state index contributed by atoms with van der Waals surface area (Å²) in [5.41, 5.74) is 7.06. The van der Waals surface area contributed by atoms with Gasteiger partial charge in [-0.2, -0.15) is 0 Å². The molecule has 0 saturated heterocycles. The Morgan fingerprint density at radius 2 is 1.79 bits per heavy atom. The number of carbonyl (C=O) groups is 1. The van der Waals surface area contributed by atoms with E-state index in [1.807, 2.05) is 0 Å². The van der Waals surface area contributed by atoms with Gasteiger partial charge in [0.15, 0.2) is 17.3 Å². The van der Waals surface area contributed by atoms with Crippen molar-refractivity contribution in [3.8, 4) is 11.5 Å². The highest BCUT2D eigenvalue weighted by atomic mass is 79.9.